The summed E-state index contributed by atoms with van der Waals surface area (Å²) in [6.45, 7) is 4.31. The lowest BCUT2D eigenvalue weighted by atomic mass is 10.0. The van der Waals surface area contributed by atoms with Gasteiger partial charge in [0, 0.05) is 13.0 Å². The molecule has 0 aliphatic rings. The van der Waals surface area contributed by atoms with Crippen LogP contribution in [0.3, 0.4) is 0 Å². The van der Waals surface area contributed by atoms with Crippen molar-refractivity contribution in [3.63, 3.8) is 0 Å². The maximum absolute atomic E-state index is 13.4. The Morgan fingerprint density at radius 1 is 0.708 bits per heavy atom. The van der Waals surface area contributed by atoms with Gasteiger partial charge in [-0.1, -0.05) is 13.8 Å². The van der Waals surface area contributed by atoms with E-state index in [2.05, 4.69) is 36.9 Å². The van der Waals surface area contributed by atoms with E-state index in [4.69, 9.17) is 28.0 Å². The number of nitrogens with zero attached hydrogens (tertiary/aromatic N) is 1. The number of carboxylic acid groups (broad SMARTS) is 1. The predicted molar refractivity (Wildman–Crippen MR) is 170 cm³/mol. The molecule has 16 N–H and O–H groups in total. The summed E-state index contributed by atoms with van der Waals surface area (Å²) < 4.78 is 0. The molecule has 0 aliphatic heterocycles. The number of hydrogen-bond acceptors (Lipinski definition) is 11. The van der Waals surface area contributed by atoms with Gasteiger partial charge in [-0.2, -0.15) is 0 Å². The molecule has 0 spiro atoms. The van der Waals surface area contributed by atoms with E-state index in [1.165, 1.54) is 13.8 Å². The molecule has 21 nitrogen and oxygen atoms in total. The van der Waals surface area contributed by atoms with Crippen molar-refractivity contribution in [3.8, 4) is 0 Å². The third-order valence-corrected chi connectivity index (χ3v) is 6.54. The van der Waals surface area contributed by atoms with Gasteiger partial charge in [-0.15, -0.1) is 0 Å². The van der Waals surface area contributed by atoms with Crippen LogP contribution in [-0.4, -0.2) is 119 Å². The summed E-state index contributed by atoms with van der Waals surface area (Å²) >= 11 is 0. The monoisotopic (exact) mass is 687 g/mol. The number of nitrogens with two attached hydrogens (primary N) is 4. The zero-order chi connectivity index (χ0) is 37.1. The fraction of sp³-hybridized carbons (Fsp3) is 0.667. The number of aliphatic hydroxyl groups is 1. The fourth-order valence-corrected chi connectivity index (χ4v) is 3.79. The molecule has 0 unspecified atom stereocenters. The van der Waals surface area contributed by atoms with Crippen molar-refractivity contribution in [2.24, 2.45) is 33.8 Å². The van der Waals surface area contributed by atoms with Crippen LogP contribution in [0, 0.1) is 5.92 Å². The zero-order valence-electron chi connectivity index (χ0n) is 27.4. The molecule has 0 rings (SSSR count). The minimum Gasteiger partial charge on any atom is -0.480 e. The Morgan fingerprint density at radius 2 is 1.23 bits per heavy atom. The minimum atomic E-state index is -1.63. The van der Waals surface area contributed by atoms with Crippen molar-refractivity contribution in [3.05, 3.63) is 0 Å². The number of aliphatic carboxylic acids is 1. The lowest BCUT2D eigenvalue weighted by Crippen LogP contribution is -2.60. The second-order valence-corrected chi connectivity index (χ2v) is 11.2. The molecule has 0 aromatic heterocycles. The average molecular weight is 688 g/mol. The molecule has 0 heterocycles. The number of amides is 7. The van der Waals surface area contributed by atoms with Gasteiger partial charge in [0.05, 0.1) is 19.2 Å². The van der Waals surface area contributed by atoms with Crippen LogP contribution in [0.25, 0.3) is 0 Å². The number of rotatable bonds is 22. The average Bonchev–Trinajstić information content (AvgIpc) is 2.99. The summed E-state index contributed by atoms with van der Waals surface area (Å²) in [5.74, 6) is -7.92. The van der Waals surface area contributed by atoms with Crippen molar-refractivity contribution in [2.75, 3.05) is 19.7 Å². The third-order valence-electron chi connectivity index (χ3n) is 6.54. The molecule has 0 saturated heterocycles. The number of carboxylic acids is 1. The smallest absolute Gasteiger partial charge is 0.325 e. The van der Waals surface area contributed by atoms with Gasteiger partial charge < -0.3 is 65.0 Å². The van der Waals surface area contributed by atoms with E-state index >= 15 is 0 Å². The first-order chi connectivity index (χ1) is 22.3. The van der Waals surface area contributed by atoms with Gasteiger partial charge in [-0.05, 0) is 39.0 Å². The summed E-state index contributed by atoms with van der Waals surface area (Å²) in [6.07, 6.45) is -0.463. The highest BCUT2D eigenvalue weighted by Gasteiger charge is 2.32. The number of nitrogens with one attached hydrogen (secondary N) is 6. The molecular formula is C27H49N11O10. The highest BCUT2D eigenvalue weighted by atomic mass is 16.4. The van der Waals surface area contributed by atoms with Crippen LogP contribution >= 0.6 is 0 Å². The number of primary amides is 1. The molecule has 0 bridgehead atoms. The van der Waals surface area contributed by atoms with Gasteiger partial charge in [0.25, 0.3) is 0 Å². The largest absolute Gasteiger partial charge is 0.480 e. The normalized spacial score (nSPS) is 14.5. The standard InChI is InChI=1S/C27H49N11O10/c1-12(2)20(25(46)33-10-19(41)34-14(4)26(47)48)38-23(44)15(6-5-9-32-27(30)31)36-24(45)17(11-39)37-22(43)16(7-8-18(29)40)35-21(42)13(3)28/h12-17,20,39H,5-11,28H2,1-4H3,(H2,29,40)(H,33,46)(H,34,41)(H,35,42)(H,36,45)(H,37,43)(H,38,44)(H,47,48)(H4,30,31,32)/t13-,14-,15-,16-,17-,20-/m0/s1. The molecule has 272 valence electrons. The molecule has 6 atom stereocenters. The van der Waals surface area contributed by atoms with E-state index in [1.807, 2.05) is 0 Å². The molecule has 48 heavy (non-hydrogen) atoms. The van der Waals surface area contributed by atoms with Crippen molar-refractivity contribution in [2.45, 2.75) is 89.6 Å². The van der Waals surface area contributed by atoms with Crippen molar-refractivity contribution < 1.29 is 48.6 Å². The van der Waals surface area contributed by atoms with Crippen LogP contribution in [0.15, 0.2) is 4.99 Å². The Kier molecular flexibility index (Phi) is 19.4. The molecule has 0 aromatic carbocycles. The highest BCUT2D eigenvalue weighted by molar-refractivity contribution is 5.96. The Balaban J connectivity index is 5.86. The molecule has 0 saturated carbocycles. The summed E-state index contributed by atoms with van der Waals surface area (Å²) in [7, 11) is 0. The zero-order valence-corrected chi connectivity index (χ0v) is 27.4. The van der Waals surface area contributed by atoms with Gasteiger partial charge in [-0.3, -0.25) is 43.3 Å². The van der Waals surface area contributed by atoms with E-state index in [-0.39, 0.29) is 38.2 Å². The number of carbonyl (C=O) groups excluding carboxylic acids is 7. The minimum absolute atomic E-state index is 0.0565. The quantitative estimate of drug-likeness (QED) is 0.0287. The first-order valence-electron chi connectivity index (χ1n) is 15.0. The number of guanidine groups is 1. The maximum Gasteiger partial charge on any atom is 0.325 e. The fourth-order valence-electron chi connectivity index (χ4n) is 3.79. The molecule has 0 aliphatic carbocycles. The van der Waals surface area contributed by atoms with Gasteiger partial charge in [0.2, 0.25) is 41.4 Å². The van der Waals surface area contributed by atoms with Crippen LogP contribution in [0.2, 0.25) is 0 Å². The highest BCUT2D eigenvalue weighted by Crippen LogP contribution is 2.06. The predicted octanol–water partition coefficient (Wildman–Crippen LogP) is -6.05. The summed E-state index contributed by atoms with van der Waals surface area (Å²) in [5.41, 5.74) is 21.4. The molecule has 7 amide bonds. The topological polar surface area (TPSA) is 366 Å². The van der Waals surface area contributed by atoms with E-state index in [1.54, 1.807) is 13.8 Å². The van der Waals surface area contributed by atoms with Gasteiger partial charge in [0.1, 0.15) is 30.2 Å². The number of aliphatic imine (C=N–C) groups is 1. The summed E-state index contributed by atoms with van der Waals surface area (Å²) in [6, 6.07) is -7.78. The lowest BCUT2D eigenvalue weighted by Gasteiger charge is -2.27. The van der Waals surface area contributed by atoms with Crippen LogP contribution in [-0.2, 0) is 38.4 Å². The van der Waals surface area contributed by atoms with Crippen LogP contribution in [0.1, 0.15) is 53.4 Å². The molecule has 0 fully saturated rings. The Bertz CT molecular complexity index is 1190. The number of aliphatic hydroxyl groups excluding tert-OH is 1. The number of carbonyl (C=O) groups is 8. The lowest BCUT2D eigenvalue weighted by molar-refractivity contribution is -0.141. The SMILES string of the molecule is CC(C)[C@H](NC(=O)[C@H](CCCN=C(N)N)NC(=O)[C@H](CO)NC(=O)[C@H](CCC(N)=O)NC(=O)[C@H](C)N)C(=O)NCC(=O)N[C@@H](C)C(=O)O. The third kappa shape index (κ3) is 17.0. The Morgan fingerprint density at radius 3 is 1.73 bits per heavy atom. The van der Waals surface area contributed by atoms with Crippen LogP contribution in [0.4, 0.5) is 0 Å². The van der Waals surface area contributed by atoms with Gasteiger partial charge in [-0.25, -0.2) is 0 Å². The van der Waals surface area contributed by atoms with E-state index in [9.17, 15) is 43.5 Å². The Labute approximate surface area is 277 Å². The van der Waals surface area contributed by atoms with Crippen molar-refractivity contribution >= 4 is 53.3 Å². The summed E-state index contributed by atoms with van der Waals surface area (Å²) in [5, 5.41) is 32.8. The maximum atomic E-state index is 13.4. The molecule has 21 heteroatoms. The number of hydrogen-bond donors (Lipinski definition) is 12. The van der Waals surface area contributed by atoms with Crippen LogP contribution in [0.5, 0.6) is 0 Å². The molecular weight excluding hydrogens is 638 g/mol. The van der Waals surface area contributed by atoms with E-state index in [0.29, 0.717) is 0 Å². The van der Waals surface area contributed by atoms with Crippen LogP contribution < -0.4 is 54.8 Å². The Hall–Kier alpha value is -5.05. The van der Waals surface area contributed by atoms with Gasteiger partial charge >= 0.3 is 5.97 Å². The molecule has 0 radical (unpaired) electrons. The first kappa shape index (κ1) is 43.0. The van der Waals surface area contributed by atoms with Gasteiger partial charge in [0.15, 0.2) is 5.96 Å². The molecule has 0 aromatic rings. The van der Waals surface area contributed by atoms with Crippen molar-refractivity contribution in [1.82, 2.24) is 31.9 Å². The second kappa shape index (κ2) is 21.7. The van der Waals surface area contributed by atoms with Crippen molar-refractivity contribution in [1.29, 1.82) is 0 Å². The summed E-state index contributed by atoms with van der Waals surface area (Å²) in [4.78, 5) is 103. The van der Waals surface area contributed by atoms with E-state index in [0.717, 1.165) is 0 Å². The van der Waals surface area contributed by atoms with E-state index < -0.39 is 103 Å². The second-order valence-electron chi connectivity index (χ2n) is 11.2. The first-order valence-corrected chi connectivity index (χ1v) is 15.0.